The average Bonchev–Trinajstić information content (AvgIpc) is 2.00. The molecular weight excluding hydrogens is 152 g/mol. The van der Waals surface area contributed by atoms with Crippen molar-refractivity contribution in [3.63, 3.8) is 0 Å². The highest BCUT2D eigenvalue weighted by Gasteiger charge is 2.07. The van der Waals surface area contributed by atoms with Gasteiger partial charge in [-0.15, -0.1) is 0 Å². The summed E-state index contributed by atoms with van der Waals surface area (Å²) < 4.78 is 0. The van der Waals surface area contributed by atoms with Crippen LogP contribution in [0.1, 0.15) is 26.7 Å². The van der Waals surface area contributed by atoms with Gasteiger partial charge in [0.1, 0.15) is 10.8 Å². The van der Waals surface area contributed by atoms with Crippen LogP contribution < -0.4 is 0 Å². The summed E-state index contributed by atoms with van der Waals surface area (Å²) in [4.78, 5) is 10.8. The molecule has 2 nitrogen and oxygen atoms in total. The lowest BCUT2D eigenvalue weighted by atomic mass is 10.2. The molecule has 0 spiro atoms. The number of Topliss-reactive ketones (excluding diaryl/α,β-unsaturated/α-hetero) is 1. The molecule has 0 aromatic heterocycles. The number of carbonyl (C=O) groups is 1. The third kappa shape index (κ3) is 2.40. The van der Waals surface area contributed by atoms with Crippen molar-refractivity contribution in [3.8, 4) is 0 Å². The molecule has 0 atom stereocenters. The Bertz CT molecular complexity index is 161. The van der Waals surface area contributed by atoms with Gasteiger partial charge < -0.3 is 5.11 Å². The number of allylic oxidation sites excluding steroid dienone is 2. The van der Waals surface area contributed by atoms with Crippen molar-refractivity contribution in [1.82, 2.24) is 0 Å². The van der Waals surface area contributed by atoms with E-state index in [-0.39, 0.29) is 16.6 Å². The second-order valence-corrected chi connectivity index (χ2v) is 2.27. The van der Waals surface area contributed by atoms with E-state index in [9.17, 15) is 4.79 Å². The first-order chi connectivity index (χ1) is 4.63. The summed E-state index contributed by atoms with van der Waals surface area (Å²) in [7, 11) is 0. The van der Waals surface area contributed by atoms with E-state index in [0.29, 0.717) is 12.8 Å². The molecule has 0 aliphatic carbocycles. The predicted molar refractivity (Wildman–Crippen MR) is 41.1 cm³/mol. The Labute approximate surface area is 65.5 Å². The molecule has 1 N–H and O–H groups in total. The largest absolute Gasteiger partial charge is 0.511 e. The van der Waals surface area contributed by atoms with E-state index in [1.165, 1.54) is 0 Å². The summed E-state index contributed by atoms with van der Waals surface area (Å²) in [5.41, 5.74) is 0. The number of halogens is 1. The number of aliphatic hydroxyl groups excluding tert-OH is 1. The Morgan fingerprint density at radius 3 is 2.20 bits per heavy atom. The molecule has 3 heteroatoms. The maximum Gasteiger partial charge on any atom is 0.177 e. The molecule has 0 aliphatic rings. The van der Waals surface area contributed by atoms with E-state index in [0.717, 1.165) is 0 Å². The fourth-order valence-corrected chi connectivity index (χ4v) is 0.739. The van der Waals surface area contributed by atoms with Crippen LogP contribution >= 0.6 is 11.6 Å². The molecule has 0 aromatic rings. The van der Waals surface area contributed by atoms with Gasteiger partial charge in [-0.3, -0.25) is 4.79 Å². The fraction of sp³-hybridized carbons (Fsp3) is 0.571. The molecule has 58 valence electrons. The lowest BCUT2D eigenvalue weighted by Crippen LogP contribution is -1.98. The second-order valence-electron chi connectivity index (χ2n) is 1.89. The summed E-state index contributed by atoms with van der Waals surface area (Å²) in [6.07, 6.45) is 0.744. The van der Waals surface area contributed by atoms with Gasteiger partial charge in [-0.1, -0.05) is 25.4 Å². The molecular formula is C7H11ClO2. The summed E-state index contributed by atoms with van der Waals surface area (Å²) in [6, 6.07) is 0. The second kappa shape index (κ2) is 4.34. The normalized spacial score (nSPS) is 12.7. The lowest BCUT2D eigenvalue weighted by molar-refractivity contribution is -0.114. The first-order valence-electron chi connectivity index (χ1n) is 3.24. The van der Waals surface area contributed by atoms with Gasteiger partial charge in [0.15, 0.2) is 5.78 Å². The number of ketones is 1. The number of aliphatic hydroxyl groups is 1. The van der Waals surface area contributed by atoms with Crippen LogP contribution in [0.2, 0.25) is 0 Å². The first kappa shape index (κ1) is 9.50. The lowest BCUT2D eigenvalue weighted by Gasteiger charge is -1.97. The van der Waals surface area contributed by atoms with Crippen LogP contribution in [0.25, 0.3) is 0 Å². The zero-order chi connectivity index (χ0) is 8.15. The Morgan fingerprint density at radius 1 is 1.40 bits per heavy atom. The van der Waals surface area contributed by atoms with Crippen LogP contribution in [-0.2, 0) is 4.79 Å². The van der Waals surface area contributed by atoms with Gasteiger partial charge in [-0.05, 0) is 0 Å². The van der Waals surface area contributed by atoms with E-state index >= 15 is 0 Å². The zero-order valence-corrected chi connectivity index (χ0v) is 6.90. The van der Waals surface area contributed by atoms with Gasteiger partial charge in [0.2, 0.25) is 0 Å². The van der Waals surface area contributed by atoms with Crippen molar-refractivity contribution < 1.29 is 9.90 Å². The molecule has 0 saturated heterocycles. The van der Waals surface area contributed by atoms with Crippen molar-refractivity contribution in [3.05, 3.63) is 10.8 Å². The summed E-state index contributed by atoms with van der Waals surface area (Å²) >= 11 is 5.46. The summed E-state index contributed by atoms with van der Waals surface area (Å²) in [6.45, 7) is 3.44. The van der Waals surface area contributed by atoms with Gasteiger partial charge in [0.05, 0.1) is 0 Å². The Hall–Kier alpha value is -0.500. The molecule has 0 bridgehead atoms. The fourth-order valence-electron chi connectivity index (χ4n) is 0.471. The van der Waals surface area contributed by atoms with Crippen molar-refractivity contribution >= 4 is 17.4 Å². The predicted octanol–water partition coefficient (Wildman–Crippen LogP) is 2.38. The number of carbonyl (C=O) groups excluding carboxylic acids is 1. The molecule has 0 aromatic carbocycles. The number of hydrogen-bond acceptors (Lipinski definition) is 2. The highest BCUT2D eigenvalue weighted by Crippen LogP contribution is 2.12. The van der Waals surface area contributed by atoms with Crippen molar-refractivity contribution in [1.29, 1.82) is 0 Å². The van der Waals surface area contributed by atoms with E-state index in [2.05, 4.69) is 0 Å². The smallest absolute Gasteiger partial charge is 0.177 e. The molecule has 0 rings (SSSR count). The minimum Gasteiger partial charge on any atom is -0.511 e. The van der Waals surface area contributed by atoms with Crippen LogP contribution in [0.15, 0.2) is 10.8 Å². The standard InChI is InChI=1S/C7H11ClO2/c1-3-5(9)7(8)6(10)4-2/h9H,3-4H2,1-2H3/b7-5+. The Balaban J connectivity index is 4.30. The molecule has 0 saturated carbocycles. The minimum absolute atomic E-state index is 0.0199. The van der Waals surface area contributed by atoms with Gasteiger partial charge in [0.25, 0.3) is 0 Å². The molecule has 0 fully saturated rings. The molecule has 0 amide bonds. The Morgan fingerprint density at radius 2 is 1.90 bits per heavy atom. The van der Waals surface area contributed by atoms with E-state index < -0.39 is 0 Å². The average molecular weight is 163 g/mol. The van der Waals surface area contributed by atoms with Gasteiger partial charge in [-0.25, -0.2) is 0 Å². The van der Waals surface area contributed by atoms with Crippen LogP contribution in [0.5, 0.6) is 0 Å². The Kier molecular flexibility index (Phi) is 4.12. The molecule has 0 unspecified atom stereocenters. The van der Waals surface area contributed by atoms with Gasteiger partial charge in [-0.2, -0.15) is 0 Å². The van der Waals surface area contributed by atoms with Gasteiger partial charge >= 0.3 is 0 Å². The monoisotopic (exact) mass is 162 g/mol. The molecule has 0 radical (unpaired) electrons. The van der Waals surface area contributed by atoms with Crippen molar-refractivity contribution in [2.75, 3.05) is 0 Å². The van der Waals surface area contributed by atoms with Crippen LogP contribution in [0, 0.1) is 0 Å². The molecule has 10 heavy (non-hydrogen) atoms. The molecule has 0 heterocycles. The number of rotatable bonds is 3. The highest BCUT2D eigenvalue weighted by atomic mass is 35.5. The number of hydrogen-bond donors (Lipinski definition) is 1. The molecule has 0 aliphatic heterocycles. The van der Waals surface area contributed by atoms with Crippen LogP contribution in [0.3, 0.4) is 0 Å². The van der Waals surface area contributed by atoms with Crippen LogP contribution in [-0.4, -0.2) is 10.9 Å². The highest BCUT2D eigenvalue weighted by molar-refractivity contribution is 6.42. The minimum atomic E-state index is -0.207. The van der Waals surface area contributed by atoms with Gasteiger partial charge in [0, 0.05) is 12.8 Å². The third-order valence-corrected chi connectivity index (χ3v) is 1.58. The quantitative estimate of drug-likeness (QED) is 0.511. The third-order valence-electron chi connectivity index (χ3n) is 1.15. The first-order valence-corrected chi connectivity index (χ1v) is 3.62. The maximum atomic E-state index is 10.8. The summed E-state index contributed by atoms with van der Waals surface area (Å²) in [5, 5.41) is 8.93. The topological polar surface area (TPSA) is 37.3 Å². The SMILES string of the molecule is CCC(=O)/C(Cl)=C(\O)CC. The van der Waals surface area contributed by atoms with E-state index in [1.54, 1.807) is 13.8 Å². The van der Waals surface area contributed by atoms with E-state index in [1.807, 2.05) is 0 Å². The zero-order valence-electron chi connectivity index (χ0n) is 6.15. The van der Waals surface area contributed by atoms with Crippen molar-refractivity contribution in [2.45, 2.75) is 26.7 Å². The summed E-state index contributed by atoms with van der Waals surface area (Å²) in [5.74, 6) is -0.227. The van der Waals surface area contributed by atoms with E-state index in [4.69, 9.17) is 16.7 Å². The maximum absolute atomic E-state index is 10.8. The van der Waals surface area contributed by atoms with Crippen molar-refractivity contribution in [2.24, 2.45) is 0 Å². The van der Waals surface area contributed by atoms with Crippen LogP contribution in [0.4, 0.5) is 0 Å².